The van der Waals surface area contributed by atoms with Crippen LogP contribution in [-0.2, 0) is 0 Å². The van der Waals surface area contributed by atoms with Gasteiger partial charge in [-0.3, -0.25) is 0 Å². The SMILES string of the molecule is CN(C)C1CCCC1NC1CCCC1. The van der Waals surface area contributed by atoms with Gasteiger partial charge in [-0.25, -0.2) is 0 Å². The molecule has 2 atom stereocenters. The highest BCUT2D eigenvalue weighted by atomic mass is 15.2. The monoisotopic (exact) mass is 196 g/mol. The fraction of sp³-hybridized carbons (Fsp3) is 1.00. The fourth-order valence-electron chi connectivity index (χ4n) is 3.15. The number of nitrogens with one attached hydrogen (secondary N) is 1. The molecule has 0 amide bonds. The number of likely N-dealkylation sites (N-methyl/N-ethyl adjacent to an activating group) is 1. The Balaban J connectivity index is 1.83. The predicted octanol–water partition coefficient (Wildman–Crippen LogP) is 2.00. The molecule has 0 aromatic rings. The van der Waals surface area contributed by atoms with Crippen molar-refractivity contribution in [1.82, 2.24) is 10.2 Å². The fourth-order valence-corrected chi connectivity index (χ4v) is 3.15. The van der Waals surface area contributed by atoms with E-state index in [1.807, 2.05) is 0 Å². The molecule has 2 saturated carbocycles. The van der Waals surface area contributed by atoms with Crippen molar-refractivity contribution in [2.75, 3.05) is 14.1 Å². The third-order valence-corrected chi connectivity index (χ3v) is 3.95. The van der Waals surface area contributed by atoms with Crippen LogP contribution in [0.2, 0.25) is 0 Å². The summed E-state index contributed by atoms with van der Waals surface area (Å²) in [6, 6.07) is 2.39. The molecule has 0 aromatic carbocycles. The standard InChI is InChI=1S/C12H24N2/c1-14(2)12-9-5-8-11(12)13-10-6-3-4-7-10/h10-13H,3-9H2,1-2H3. The molecule has 0 aliphatic heterocycles. The van der Waals surface area contributed by atoms with Gasteiger partial charge in [-0.15, -0.1) is 0 Å². The van der Waals surface area contributed by atoms with Gasteiger partial charge >= 0.3 is 0 Å². The van der Waals surface area contributed by atoms with Gasteiger partial charge in [0.25, 0.3) is 0 Å². The second-order valence-electron chi connectivity index (χ2n) is 5.22. The van der Waals surface area contributed by atoms with Crippen LogP contribution in [0, 0.1) is 0 Å². The van der Waals surface area contributed by atoms with E-state index in [0.717, 1.165) is 18.1 Å². The van der Waals surface area contributed by atoms with Crippen LogP contribution >= 0.6 is 0 Å². The highest BCUT2D eigenvalue weighted by molar-refractivity contribution is 4.91. The molecular formula is C12H24N2. The minimum atomic E-state index is 0.771. The minimum absolute atomic E-state index is 0.771. The van der Waals surface area contributed by atoms with Gasteiger partial charge in [-0.1, -0.05) is 19.3 Å². The summed E-state index contributed by atoms with van der Waals surface area (Å²) in [6.07, 6.45) is 9.89. The summed E-state index contributed by atoms with van der Waals surface area (Å²) < 4.78 is 0. The van der Waals surface area contributed by atoms with E-state index in [-0.39, 0.29) is 0 Å². The maximum absolute atomic E-state index is 3.87. The predicted molar refractivity (Wildman–Crippen MR) is 60.5 cm³/mol. The zero-order valence-corrected chi connectivity index (χ0v) is 9.63. The van der Waals surface area contributed by atoms with Crippen molar-refractivity contribution in [1.29, 1.82) is 0 Å². The van der Waals surface area contributed by atoms with E-state index >= 15 is 0 Å². The van der Waals surface area contributed by atoms with Crippen molar-refractivity contribution in [3.8, 4) is 0 Å². The van der Waals surface area contributed by atoms with Gasteiger partial charge in [-0.2, -0.15) is 0 Å². The zero-order chi connectivity index (χ0) is 9.97. The lowest BCUT2D eigenvalue weighted by atomic mass is 10.1. The van der Waals surface area contributed by atoms with Gasteiger partial charge < -0.3 is 10.2 Å². The van der Waals surface area contributed by atoms with Crippen molar-refractivity contribution in [3.63, 3.8) is 0 Å². The van der Waals surface area contributed by atoms with E-state index in [1.165, 1.54) is 44.9 Å². The topological polar surface area (TPSA) is 15.3 Å². The zero-order valence-electron chi connectivity index (χ0n) is 9.63. The lowest BCUT2D eigenvalue weighted by molar-refractivity contribution is 0.241. The lowest BCUT2D eigenvalue weighted by Crippen LogP contribution is -2.47. The number of hydrogen-bond donors (Lipinski definition) is 1. The molecule has 0 saturated heterocycles. The van der Waals surface area contributed by atoms with Gasteiger partial charge in [0.05, 0.1) is 0 Å². The summed E-state index contributed by atoms with van der Waals surface area (Å²) in [5, 5.41) is 3.87. The molecule has 2 aliphatic carbocycles. The Kier molecular flexibility index (Phi) is 3.45. The molecule has 0 bridgehead atoms. The first-order chi connectivity index (χ1) is 6.77. The van der Waals surface area contributed by atoms with Crippen LogP contribution in [-0.4, -0.2) is 37.1 Å². The molecule has 0 spiro atoms. The highest BCUT2D eigenvalue weighted by Crippen LogP contribution is 2.26. The molecular weight excluding hydrogens is 172 g/mol. The Bertz CT molecular complexity index is 173. The molecule has 2 heteroatoms. The average molecular weight is 196 g/mol. The van der Waals surface area contributed by atoms with Gasteiger partial charge in [0.15, 0.2) is 0 Å². The minimum Gasteiger partial charge on any atom is -0.310 e. The summed E-state index contributed by atoms with van der Waals surface area (Å²) in [6.45, 7) is 0. The van der Waals surface area contributed by atoms with Gasteiger partial charge in [0.1, 0.15) is 0 Å². The van der Waals surface area contributed by atoms with E-state index < -0.39 is 0 Å². The second-order valence-corrected chi connectivity index (χ2v) is 5.22. The Morgan fingerprint density at radius 3 is 2.29 bits per heavy atom. The summed E-state index contributed by atoms with van der Waals surface area (Å²) in [5.41, 5.74) is 0. The first-order valence-electron chi connectivity index (χ1n) is 6.20. The van der Waals surface area contributed by atoms with Gasteiger partial charge in [-0.05, 0) is 39.8 Å². The number of rotatable bonds is 3. The molecule has 14 heavy (non-hydrogen) atoms. The van der Waals surface area contributed by atoms with Crippen LogP contribution in [0.4, 0.5) is 0 Å². The highest BCUT2D eigenvalue weighted by Gasteiger charge is 2.30. The molecule has 1 N–H and O–H groups in total. The van der Waals surface area contributed by atoms with E-state index in [4.69, 9.17) is 0 Å². The van der Waals surface area contributed by atoms with Crippen molar-refractivity contribution in [2.24, 2.45) is 0 Å². The molecule has 2 rings (SSSR count). The summed E-state index contributed by atoms with van der Waals surface area (Å²) in [4.78, 5) is 2.40. The van der Waals surface area contributed by atoms with Gasteiger partial charge in [0.2, 0.25) is 0 Å². The van der Waals surface area contributed by atoms with E-state index in [2.05, 4.69) is 24.3 Å². The van der Waals surface area contributed by atoms with Crippen molar-refractivity contribution in [3.05, 3.63) is 0 Å². The van der Waals surface area contributed by atoms with Crippen LogP contribution in [0.3, 0.4) is 0 Å². The normalized spacial score (nSPS) is 34.5. The quantitative estimate of drug-likeness (QED) is 0.743. The summed E-state index contributed by atoms with van der Waals surface area (Å²) >= 11 is 0. The Morgan fingerprint density at radius 2 is 1.64 bits per heavy atom. The Labute approximate surface area is 88.1 Å². The maximum Gasteiger partial charge on any atom is 0.0243 e. The molecule has 82 valence electrons. The lowest BCUT2D eigenvalue weighted by Gasteiger charge is -2.29. The third kappa shape index (κ3) is 2.29. The van der Waals surface area contributed by atoms with E-state index in [0.29, 0.717) is 0 Å². The molecule has 2 nitrogen and oxygen atoms in total. The smallest absolute Gasteiger partial charge is 0.0243 e. The van der Waals surface area contributed by atoms with Crippen LogP contribution in [0.1, 0.15) is 44.9 Å². The molecule has 0 heterocycles. The van der Waals surface area contributed by atoms with Crippen molar-refractivity contribution in [2.45, 2.75) is 63.1 Å². The summed E-state index contributed by atoms with van der Waals surface area (Å²) in [7, 11) is 4.44. The van der Waals surface area contributed by atoms with Crippen LogP contribution in [0.5, 0.6) is 0 Å². The molecule has 0 radical (unpaired) electrons. The van der Waals surface area contributed by atoms with E-state index in [9.17, 15) is 0 Å². The summed E-state index contributed by atoms with van der Waals surface area (Å²) in [5.74, 6) is 0. The van der Waals surface area contributed by atoms with Crippen molar-refractivity contribution >= 4 is 0 Å². The van der Waals surface area contributed by atoms with E-state index in [1.54, 1.807) is 0 Å². The molecule has 2 aliphatic rings. The average Bonchev–Trinajstić information content (AvgIpc) is 2.75. The Hall–Kier alpha value is -0.0800. The third-order valence-electron chi connectivity index (χ3n) is 3.95. The number of hydrogen-bond acceptors (Lipinski definition) is 2. The molecule has 2 unspecified atom stereocenters. The van der Waals surface area contributed by atoms with Crippen LogP contribution in [0.15, 0.2) is 0 Å². The largest absolute Gasteiger partial charge is 0.310 e. The first kappa shape index (κ1) is 10.4. The van der Waals surface area contributed by atoms with Crippen LogP contribution < -0.4 is 5.32 Å². The molecule has 2 fully saturated rings. The van der Waals surface area contributed by atoms with Crippen molar-refractivity contribution < 1.29 is 0 Å². The maximum atomic E-state index is 3.87. The first-order valence-corrected chi connectivity index (χ1v) is 6.20. The van der Waals surface area contributed by atoms with Gasteiger partial charge in [0, 0.05) is 18.1 Å². The Morgan fingerprint density at radius 1 is 0.929 bits per heavy atom. The van der Waals surface area contributed by atoms with Crippen LogP contribution in [0.25, 0.3) is 0 Å². The molecule has 0 aromatic heterocycles. The number of nitrogens with zero attached hydrogens (tertiary/aromatic N) is 1. The second kappa shape index (κ2) is 4.63.